The van der Waals surface area contributed by atoms with Crippen LogP contribution in [0.15, 0.2) is 42.5 Å². The molecule has 0 radical (unpaired) electrons. The summed E-state index contributed by atoms with van der Waals surface area (Å²) in [5.41, 5.74) is 6.27. The summed E-state index contributed by atoms with van der Waals surface area (Å²) in [4.78, 5) is 0. The lowest BCUT2D eigenvalue weighted by molar-refractivity contribution is -0.137. The van der Waals surface area contributed by atoms with Crippen molar-refractivity contribution in [1.82, 2.24) is 0 Å². The van der Waals surface area contributed by atoms with Crippen molar-refractivity contribution >= 4 is 5.69 Å². The van der Waals surface area contributed by atoms with Crippen LogP contribution in [-0.4, -0.2) is 5.11 Å². The monoisotopic (exact) mass is 267 g/mol. The Labute approximate surface area is 108 Å². The summed E-state index contributed by atoms with van der Waals surface area (Å²) >= 11 is 0. The third-order valence-corrected chi connectivity index (χ3v) is 2.82. The number of hydrogen-bond donors (Lipinski definition) is 2. The Balaban J connectivity index is 2.31. The topological polar surface area (TPSA) is 46.2 Å². The number of benzene rings is 2. The van der Waals surface area contributed by atoms with Gasteiger partial charge in [0.25, 0.3) is 0 Å². The molecule has 2 aromatic carbocycles. The zero-order valence-electron chi connectivity index (χ0n) is 9.91. The van der Waals surface area contributed by atoms with E-state index in [4.69, 9.17) is 5.73 Å². The number of rotatable bonds is 2. The third kappa shape index (κ3) is 2.99. The Bertz CT molecular complexity index is 593. The highest BCUT2D eigenvalue weighted by Gasteiger charge is 2.30. The molecule has 0 aliphatic carbocycles. The normalized spacial score (nSPS) is 11.5. The highest BCUT2D eigenvalue weighted by atomic mass is 19.4. The molecule has 0 heterocycles. The lowest BCUT2D eigenvalue weighted by atomic mass is 10.0. The first kappa shape index (κ1) is 13.3. The van der Waals surface area contributed by atoms with Crippen LogP contribution in [0.25, 0.3) is 0 Å². The molecule has 0 aliphatic rings. The molecular formula is C14H12F3NO. The van der Waals surface area contributed by atoms with E-state index in [1.54, 1.807) is 18.2 Å². The molecule has 3 N–H and O–H groups in total. The second-order valence-corrected chi connectivity index (χ2v) is 4.22. The fourth-order valence-electron chi connectivity index (χ4n) is 1.83. The molecule has 0 aliphatic heterocycles. The number of para-hydroxylation sites is 1. The molecule has 0 saturated heterocycles. The van der Waals surface area contributed by atoms with Crippen molar-refractivity contribution in [3.05, 3.63) is 59.2 Å². The standard InChI is InChI=1S/C14H12F3NO/c15-14(16,17)11-5-1-3-9(8-11)7-10-4-2-6-12(19)13(10)18/h1-6,8,19H,7,18H2. The molecule has 2 aromatic rings. The van der Waals surface area contributed by atoms with Crippen LogP contribution in [-0.2, 0) is 12.6 Å². The number of hydrogen-bond acceptors (Lipinski definition) is 2. The Morgan fingerprint density at radius 2 is 1.74 bits per heavy atom. The Hall–Kier alpha value is -2.17. The lowest BCUT2D eigenvalue weighted by Crippen LogP contribution is -2.05. The van der Waals surface area contributed by atoms with E-state index in [0.29, 0.717) is 11.1 Å². The highest BCUT2D eigenvalue weighted by molar-refractivity contribution is 5.58. The second kappa shape index (κ2) is 4.84. The fourth-order valence-corrected chi connectivity index (χ4v) is 1.83. The zero-order valence-corrected chi connectivity index (χ0v) is 9.91. The van der Waals surface area contributed by atoms with Crippen molar-refractivity contribution in [2.45, 2.75) is 12.6 Å². The smallest absolute Gasteiger partial charge is 0.416 e. The van der Waals surface area contributed by atoms with Gasteiger partial charge in [0.05, 0.1) is 11.3 Å². The molecule has 0 spiro atoms. The van der Waals surface area contributed by atoms with E-state index in [0.717, 1.165) is 12.1 Å². The van der Waals surface area contributed by atoms with Gasteiger partial charge in [-0.15, -0.1) is 0 Å². The SMILES string of the molecule is Nc1c(O)cccc1Cc1cccc(C(F)(F)F)c1. The van der Waals surface area contributed by atoms with Crippen LogP contribution in [0.2, 0.25) is 0 Å². The number of aromatic hydroxyl groups is 1. The largest absolute Gasteiger partial charge is 0.506 e. The van der Waals surface area contributed by atoms with Crippen molar-refractivity contribution in [1.29, 1.82) is 0 Å². The summed E-state index contributed by atoms with van der Waals surface area (Å²) in [6.45, 7) is 0. The van der Waals surface area contributed by atoms with Gasteiger partial charge in [-0.3, -0.25) is 0 Å². The van der Waals surface area contributed by atoms with Gasteiger partial charge in [-0.2, -0.15) is 13.2 Å². The molecule has 0 atom stereocenters. The number of nitrogens with two attached hydrogens (primary N) is 1. The predicted molar refractivity (Wildman–Crippen MR) is 66.8 cm³/mol. The van der Waals surface area contributed by atoms with Crippen molar-refractivity contribution in [2.75, 3.05) is 5.73 Å². The summed E-state index contributed by atoms with van der Waals surface area (Å²) in [7, 11) is 0. The van der Waals surface area contributed by atoms with Crippen LogP contribution in [0.3, 0.4) is 0 Å². The minimum absolute atomic E-state index is 0.0653. The van der Waals surface area contributed by atoms with Crippen molar-refractivity contribution in [3.63, 3.8) is 0 Å². The van der Waals surface area contributed by atoms with Crippen LogP contribution in [0, 0.1) is 0 Å². The Morgan fingerprint density at radius 1 is 1.05 bits per heavy atom. The van der Waals surface area contributed by atoms with Gasteiger partial charge in [-0.1, -0.05) is 30.3 Å². The van der Waals surface area contributed by atoms with Gasteiger partial charge < -0.3 is 10.8 Å². The molecule has 0 unspecified atom stereocenters. The number of nitrogen functional groups attached to an aromatic ring is 1. The van der Waals surface area contributed by atoms with Crippen molar-refractivity contribution < 1.29 is 18.3 Å². The molecule has 0 bridgehead atoms. The quantitative estimate of drug-likeness (QED) is 0.645. The average molecular weight is 267 g/mol. The maximum absolute atomic E-state index is 12.6. The molecule has 19 heavy (non-hydrogen) atoms. The predicted octanol–water partition coefficient (Wildman–Crippen LogP) is 3.58. The highest BCUT2D eigenvalue weighted by Crippen LogP contribution is 2.31. The average Bonchev–Trinajstić information content (AvgIpc) is 2.34. The number of phenolic OH excluding ortho intramolecular Hbond substituents is 1. The third-order valence-electron chi connectivity index (χ3n) is 2.82. The van der Waals surface area contributed by atoms with E-state index in [1.165, 1.54) is 12.1 Å². The van der Waals surface area contributed by atoms with E-state index in [1.807, 2.05) is 0 Å². The summed E-state index contributed by atoms with van der Waals surface area (Å²) in [5, 5.41) is 9.46. The molecule has 0 fully saturated rings. The number of halogens is 3. The van der Waals surface area contributed by atoms with E-state index >= 15 is 0 Å². The summed E-state index contributed by atoms with van der Waals surface area (Å²) in [5.74, 6) is -0.0653. The van der Waals surface area contributed by atoms with Crippen LogP contribution >= 0.6 is 0 Å². The molecule has 0 amide bonds. The minimum Gasteiger partial charge on any atom is -0.506 e. The van der Waals surface area contributed by atoms with Crippen LogP contribution in [0.4, 0.5) is 18.9 Å². The second-order valence-electron chi connectivity index (χ2n) is 4.22. The van der Waals surface area contributed by atoms with Crippen LogP contribution in [0.5, 0.6) is 5.75 Å². The molecule has 5 heteroatoms. The minimum atomic E-state index is -4.36. The zero-order chi connectivity index (χ0) is 14.0. The summed E-state index contributed by atoms with van der Waals surface area (Å²) < 4.78 is 37.8. The van der Waals surface area contributed by atoms with Gasteiger partial charge in [0.2, 0.25) is 0 Å². The van der Waals surface area contributed by atoms with Gasteiger partial charge in [0.1, 0.15) is 5.75 Å². The van der Waals surface area contributed by atoms with Crippen molar-refractivity contribution in [2.24, 2.45) is 0 Å². The molecule has 0 aromatic heterocycles. The number of anilines is 1. The molecule has 100 valence electrons. The lowest BCUT2D eigenvalue weighted by Gasteiger charge is -2.10. The van der Waals surface area contributed by atoms with E-state index < -0.39 is 11.7 Å². The fraction of sp³-hybridized carbons (Fsp3) is 0.143. The van der Waals surface area contributed by atoms with Gasteiger partial charge >= 0.3 is 6.18 Å². The first-order valence-corrected chi connectivity index (χ1v) is 5.60. The van der Waals surface area contributed by atoms with Crippen LogP contribution < -0.4 is 5.73 Å². The van der Waals surface area contributed by atoms with Gasteiger partial charge in [-0.25, -0.2) is 0 Å². The maximum atomic E-state index is 12.6. The molecular weight excluding hydrogens is 255 g/mol. The van der Waals surface area contributed by atoms with Gasteiger partial charge in [0.15, 0.2) is 0 Å². The molecule has 2 nitrogen and oxygen atoms in total. The summed E-state index contributed by atoms with van der Waals surface area (Å²) in [6.07, 6.45) is -4.12. The van der Waals surface area contributed by atoms with Gasteiger partial charge in [-0.05, 0) is 29.7 Å². The Kier molecular flexibility index (Phi) is 3.38. The summed E-state index contributed by atoms with van der Waals surface area (Å²) in [6, 6.07) is 9.78. The van der Waals surface area contributed by atoms with E-state index in [9.17, 15) is 18.3 Å². The van der Waals surface area contributed by atoms with E-state index in [2.05, 4.69) is 0 Å². The van der Waals surface area contributed by atoms with E-state index in [-0.39, 0.29) is 17.9 Å². The Morgan fingerprint density at radius 3 is 2.42 bits per heavy atom. The first-order chi connectivity index (χ1) is 8.88. The molecule has 0 saturated carbocycles. The van der Waals surface area contributed by atoms with Gasteiger partial charge in [0, 0.05) is 0 Å². The first-order valence-electron chi connectivity index (χ1n) is 5.60. The molecule has 2 rings (SSSR count). The maximum Gasteiger partial charge on any atom is 0.416 e. The van der Waals surface area contributed by atoms with Crippen LogP contribution in [0.1, 0.15) is 16.7 Å². The number of alkyl halides is 3. The van der Waals surface area contributed by atoms with Crippen molar-refractivity contribution in [3.8, 4) is 5.75 Å². The number of phenols is 1.